The number of aromatic nitrogens is 2. The van der Waals surface area contributed by atoms with E-state index >= 15 is 0 Å². The Balaban J connectivity index is 0.000000694. The second-order valence-electron chi connectivity index (χ2n) is 9.49. The summed E-state index contributed by atoms with van der Waals surface area (Å²) in [6.07, 6.45) is 2.18. The fourth-order valence-corrected chi connectivity index (χ4v) is 5.82. The molecule has 8 aromatic rings. The Bertz CT molecular complexity index is 2110. The molecule has 0 aliphatic rings. The Labute approximate surface area is 235 Å². The molecule has 2 aromatic heterocycles. The first-order chi connectivity index (χ1) is 19.8. The van der Waals surface area contributed by atoms with E-state index in [1.165, 1.54) is 65.6 Å². The van der Waals surface area contributed by atoms with Gasteiger partial charge in [-0.1, -0.05) is 86.6 Å². The Hall–Kier alpha value is -5.08. The molecular formula is C38H32N2. The lowest BCUT2D eigenvalue weighted by Gasteiger charge is -2.10. The third-order valence-corrected chi connectivity index (χ3v) is 7.51. The molecule has 0 saturated heterocycles. The molecule has 0 unspecified atom stereocenters. The van der Waals surface area contributed by atoms with Gasteiger partial charge in [-0.2, -0.15) is 0 Å². The van der Waals surface area contributed by atoms with E-state index < -0.39 is 0 Å². The Kier molecular flexibility index (Phi) is 6.67. The summed E-state index contributed by atoms with van der Waals surface area (Å²) in [5.41, 5.74) is 6.07. The zero-order valence-electron chi connectivity index (χ0n) is 23.0. The van der Waals surface area contributed by atoms with E-state index in [-0.39, 0.29) is 0 Å². The standard InChI is InChI=1S/C34H22N2.C2H6.C2H4/c1-2-10-26(11-3-1)35-19-18-29-30-22-31-28-12-6-7-13-33(28)36(34(31)21-25(30)15-17-32(29)35)27-16-14-23-8-4-5-9-24(23)20-27;2*1-2/h1-22H;1-2H3;1-2H2. The van der Waals surface area contributed by atoms with Crippen LogP contribution in [0.5, 0.6) is 0 Å². The number of benzene rings is 6. The molecule has 2 heterocycles. The smallest absolute Gasteiger partial charge is 0.0547 e. The third kappa shape index (κ3) is 3.97. The first-order valence-corrected chi connectivity index (χ1v) is 13.9. The predicted octanol–water partition coefficient (Wildman–Crippen LogP) is 10.9. The number of hydrogen-bond acceptors (Lipinski definition) is 0. The van der Waals surface area contributed by atoms with E-state index in [0.29, 0.717) is 0 Å². The number of fused-ring (bicyclic) bond motifs is 7. The third-order valence-electron chi connectivity index (χ3n) is 7.51. The summed E-state index contributed by atoms with van der Waals surface area (Å²) in [4.78, 5) is 0. The molecule has 2 heteroatoms. The summed E-state index contributed by atoms with van der Waals surface area (Å²) in [6.45, 7) is 10.0. The molecule has 0 bridgehead atoms. The molecule has 0 N–H and O–H groups in total. The SMILES string of the molecule is C=C.CC.c1ccc(-n2ccc3c4cc5c6ccccc6n(-c6ccc7ccccc7c6)c5cc4ccc32)cc1. The molecule has 6 aromatic carbocycles. The first kappa shape index (κ1) is 25.2. The summed E-state index contributed by atoms with van der Waals surface area (Å²) < 4.78 is 4.69. The van der Waals surface area contributed by atoms with Gasteiger partial charge in [0.25, 0.3) is 0 Å². The number of rotatable bonds is 2. The molecule has 0 spiro atoms. The van der Waals surface area contributed by atoms with Crippen molar-refractivity contribution >= 4 is 54.3 Å². The van der Waals surface area contributed by atoms with Crippen LogP contribution < -0.4 is 0 Å². The van der Waals surface area contributed by atoms with Crippen LogP contribution in [-0.2, 0) is 0 Å². The highest BCUT2D eigenvalue weighted by molar-refractivity contribution is 6.18. The number of nitrogens with zero attached hydrogens (tertiary/aromatic N) is 2. The summed E-state index contributed by atoms with van der Waals surface area (Å²) in [6, 6.07) is 46.2. The highest BCUT2D eigenvalue weighted by Crippen LogP contribution is 2.38. The quantitative estimate of drug-likeness (QED) is 0.202. The van der Waals surface area contributed by atoms with Crippen LogP contribution in [0.2, 0.25) is 0 Å². The van der Waals surface area contributed by atoms with Crippen molar-refractivity contribution in [1.29, 1.82) is 0 Å². The number of hydrogen-bond donors (Lipinski definition) is 0. The lowest BCUT2D eigenvalue weighted by molar-refractivity contribution is 1.13. The summed E-state index contributed by atoms with van der Waals surface area (Å²) >= 11 is 0. The maximum Gasteiger partial charge on any atom is 0.0547 e. The van der Waals surface area contributed by atoms with Gasteiger partial charge in [-0.05, 0) is 76.1 Å². The van der Waals surface area contributed by atoms with E-state index in [9.17, 15) is 0 Å². The fourth-order valence-electron chi connectivity index (χ4n) is 5.82. The summed E-state index contributed by atoms with van der Waals surface area (Å²) in [5, 5.41) is 8.90. The van der Waals surface area contributed by atoms with Crippen molar-refractivity contribution in [3.8, 4) is 11.4 Å². The predicted molar refractivity (Wildman–Crippen MR) is 175 cm³/mol. The molecule has 194 valence electrons. The van der Waals surface area contributed by atoms with Gasteiger partial charge in [0, 0.05) is 33.7 Å². The van der Waals surface area contributed by atoms with Crippen molar-refractivity contribution in [2.24, 2.45) is 0 Å². The van der Waals surface area contributed by atoms with E-state index in [4.69, 9.17) is 0 Å². The molecule has 0 aliphatic heterocycles. The van der Waals surface area contributed by atoms with Crippen LogP contribution in [0.15, 0.2) is 147 Å². The highest BCUT2D eigenvalue weighted by Gasteiger charge is 2.15. The minimum atomic E-state index is 1.18. The maximum atomic E-state index is 3.00. The van der Waals surface area contributed by atoms with Gasteiger partial charge in [0.1, 0.15) is 0 Å². The lowest BCUT2D eigenvalue weighted by Crippen LogP contribution is -1.94. The van der Waals surface area contributed by atoms with E-state index in [2.05, 4.69) is 156 Å². The average Bonchev–Trinajstić information content (AvgIpc) is 3.62. The average molecular weight is 517 g/mol. The monoisotopic (exact) mass is 516 g/mol. The van der Waals surface area contributed by atoms with Crippen molar-refractivity contribution in [1.82, 2.24) is 9.13 Å². The molecule has 0 atom stereocenters. The Morgan fingerprint density at radius 3 is 1.93 bits per heavy atom. The zero-order chi connectivity index (χ0) is 27.6. The van der Waals surface area contributed by atoms with Crippen LogP contribution in [0, 0.1) is 0 Å². The van der Waals surface area contributed by atoms with Crippen LogP contribution >= 0.6 is 0 Å². The summed E-state index contributed by atoms with van der Waals surface area (Å²) in [5.74, 6) is 0. The normalized spacial score (nSPS) is 10.9. The second kappa shape index (κ2) is 10.6. The number of para-hydroxylation sites is 2. The van der Waals surface area contributed by atoms with Gasteiger partial charge in [0.2, 0.25) is 0 Å². The molecule has 2 nitrogen and oxygen atoms in total. The van der Waals surface area contributed by atoms with Crippen molar-refractivity contribution in [2.75, 3.05) is 0 Å². The minimum Gasteiger partial charge on any atom is -0.317 e. The molecular weight excluding hydrogens is 484 g/mol. The van der Waals surface area contributed by atoms with E-state index in [1.54, 1.807) is 0 Å². The molecule has 0 aliphatic carbocycles. The molecule has 0 fully saturated rings. The van der Waals surface area contributed by atoms with Crippen LogP contribution in [-0.4, -0.2) is 9.13 Å². The lowest BCUT2D eigenvalue weighted by atomic mass is 10.0. The van der Waals surface area contributed by atoms with Crippen LogP contribution in [0.4, 0.5) is 0 Å². The summed E-state index contributed by atoms with van der Waals surface area (Å²) in [7, 11) is 0. The largest absolute Gasteiger partial charge is 0.317 e. The van der Waals surface area contributed by atoms with Crippen LogP contribution in [0.25, 0.3) is 65.6 Å². The highest BCUT2D eigenvalue weighted by atomic mass is 15.0. The molecule has 40 heavy (non-hydrogen) atoms. The van der Waals surface area contributed by atoms with Crippen LogP contribution in [0.1, 0.15) is 13.8 Å². The van der Waals surface area contributed by atoms with Gasteiger partial charge < -0.3 is 9.13 Å². The van der Waals surface area contributed by atoms with Crippen molar-refractivity contribution in [3.63, 3.8) is 0 Å². The van der Waals surface area contributed by atoms with Crippen LogP contribution in [0.3, 0.4) is 0 Å². The van der Waals surface area contributed by atoms with Gasteiger partial charge in [0.05, 0.1) is 16.6 Å². The van der Waals surface area contributed by atoms with E-state index in [0.717, 1.165) is 0 Å². The van der Waals surface area contributed by atoms with Gasteiger partial charge in [-0.15, -0.1) is 13.2 Å². The molecule has 0 amide bonds. The topological polar surface area (TPSA) is 9.86 Å². The second-order valence-corrected chi connectivity index (χ2v) is 9.49. The molecule has 0 saturated carbocycles. The zero-order valence-corrected chi connectivity index (χ0v) is 23.0. The fraction of sp³-hybridized carbons (Fsp3) is 0.0526. The Morgan fingerprint density at radius 1 is 0.425 bits per heavy atom. The van der Waals surface area contributed by atoms with Gasteiger partial charge in [0.15, 0.2) is 0 Å². The van der Waals surface area contributed by atoms with Crippen molar-refractivity contribution < 1.29 is 0 Å². The maximum absolute atomic E-state index is 3.00. The Morgan fingerprint density at radius 2 is 1.10 bits per heavy atom. The minimum absolute atomic E-state index is 1.18. The van der Waals surface area contributed by atoms with Crippen molar-refractivity contribution in [2.45, 2.75) is 13.8 Å². The van der Waals surface area contributed by atoms with Gasteiger partial charge in [-0.25, -0.2) is 0 Å². The first-order valence-electron chi connectivity index (χ1n) is 13.9. The molecule has 0 radical (unpaired) electrons. The van der Waals surface area contributed by atoms with Gasteiger partial charge in [-0.3, -0.25) is 0 Å². The van der Waals surface area contributed by atoms with E-state index in [1.807, 2.05) is 13.8 Å². The molecule has 8 rings (SSSR count). The van der Waals surface area contributed by atoms with Crippen molar-refractivity contribution in [3.05, 3.63) is 147 Å². The van der Waals surface area contributed by atoms with Gasteiger partial charge >= 0.3 is 0 Å².